The van der Waals surface area contributed by atoms with Gasteiger partial charge in [-0.05, 0) is 6.07 Å². The number of hydrogen-bond acceptors (Lipinski definition) is 5. The van der Waals surface area contributed by atoms with Crippen LogP contribution in [0.1, 0.15) is 0 Å². The first-order valence-corrected chi connectivity index (χ1v) is 6.84. The van der Waals surface area contributed by atoms with E-state index in [1.54, 1.807) is 0 Å². The van der Waals surface area contributed by atoms with Gasteiger partial charge in [0.15, 0.2) is 10.9 Å². The van der Waals surface area contributed by atoms with Crippen LogP contribution in [0.5, 0.6) is 0 Å². The van der Waals surface area contributed by atoms with Crippen molar-refractivity contribution in [1.82, 2.24) is 10.3 Å². The van der Waals surface area contributed by atoms with Crippen molar-refractivity contribution in [2.75, 3.05) is 25.0 Å². The second-order valence-corrected chi connectivity index (χ2v) is 5.34. The Balaban J connectivity index is 1.80. The monoisotopic (exact) mass is 299 g/mol. The van der Waals surface area contributed by atoms with Gasteiger partial charge in [0.05, 0.1) is 11.3 Å². The SMILES string of the molecule is O=C(Nc1nc2c(F)cc(F)cc2s1)C1CNCCO1. The fourth-order valence-corrected chi connectivity index (χ4v) is 2.84. The number of fused-ring (bicyclic) bond motifs is 1. The number of hydrogen-bond donors (Lipinski definition) is 2. The highest BCUT2D eigenvalue weighted by atomic mass is 32.1. The third kappa shape index (κ3) is 2.62. The lowest BCUT2D eigenvalue weighted by Gasteiger charge is -2.22. The van der Waals surface area contributed by atoms with Crippen LogP contribution in [-0.2, 0) is 9.53 Å². The second kappa shape index (κ2) is 5.39. The molecule has 0 aliphatic carbocycles. The Labute approximate surface area is 116 Å². The predicted molar refractivity (Wildman–Crippen MR) is 70.8 cm³/mol. The number of anilines is 1. The van der Waals surface area contributed by atoms with E-state index in [1.807, 2.05) is 0 Å². The maximum Gasteiger partial charge on any atom is 0.256 e. The molecule has 1 fully saturated rings. The molecule has 0 radical (unpaired) electrons. The summed E-state index contributed by atoms with van der Waals surface area (Å²) in [7, 11) is 0. The summed E-state index contributed by atoms with van der Waals surface area (Å²) in [6, 6.07) is 1.95. The average molecular weight is 299 g/mol. The lowest BCUT2D eigenvalue weighted by molar-refractivity contribution is -0.128. The van der Waals surface area contributed by atoms with Gasteiger partial charge in [-0.2, -0.15) is 0 Å². The second-order valence-electron chi connectivity index (χ2n) is 4.31. The van der Waals surface area contributed by atoms with Crippen molar-refractivity contribution < 1.29 is 18.3 Å². The molecule has 2 heterocycles. The Morgan fingerprint density at radius 1 is 1.50 bits per heavy atom. The van der Waals surface area contributed by atoms with Crippen LogP contribution in [0.2, 0.25) is 0 Å². The third-order valence-corrected chi connectivity index (χ3v) is 3.78. The van der Waals surface area contributed by atoms with Gasteiger partial charge in [0, 0.05) is 19.2 Å². The molecule has 5 nitrogen and oxygen atoms in total. The highest BCUT2D eigenvalue weighted by Crippen LogP contribution is 2.28. The molecule has 1 unspecified atom stereocenters. The number of ether oxygens (including phenoxy) is 1. The topological polar surface area (TPSA) is 63.2 Å². The van der Waals surface area contributed by atoms with Crippen LogP contribution < -0.4 is 10.6 Å². The van der Waals surface area contributed by atoms with Gasteiger partial charge in [-0.15, -0.1) is 0 Å². The number of nitrogens with one attached hydrogen (secondary N) is 2. The smallest absolute Gasteiger partial charge is 0.256 e. The van der Waals surface area contributed by atoms with Crippen LogP contribution >= 0.6 is 11.3 Å². The highest BCUT2D eigenvalue weighted by Gasteiger charge is 2.23. The van der Waals surface area contributed by atoms with E-state index in [1.165, 1.54) is 6.07 Å². The zero-order valence-electron chi connectivity index (χ0n) is 10.3. The molecule has 1 aromatic carbocycles. The molecule has 1 saturated heterocycles. The number of carbonyl (C=O) groups excluding carboxylic acids is 1. The van der Waals surface area contributed by atoms with Gasteiger partial charge in [-0.3, -0.25) is 10.1 Å². The number of amides is 1. The molecule has 0 spiro atoms. The highest BCUT2D eigenvalue weighted by molar-refractivity contribution is 7.22. The van der Waals surface area contributed by atoms with Gasteiger partial charge in [-0.1, -0.05) is 11.3 Å². The molecule has 1 amide bonds. The van der Waals surface area contributed by atoms with E-state index in [9.17, 15) is 13.6 Å². The maximum atomic E-state index is 13.5. The molecule has 0 saturated carbocycles. The number of rotatable bonds is 2. The van der Waals surface area contributed by atoms with Crippen molar-refractivity contribution in [3.05, 3.63) is 23.8 Å². The molecule has 1 atom stereocenters. The summed E-state index contributed by atoms with van der Waals surface area (Å²) in [5.74, 6) is -1.76. The zero-order valence-corrected chi connectivity index (χ0v) is 11.1. The summed E-state index contributed by atoms with van der Waals surface area (Å²) in [5.41, 5.74) is 0.0504. The van der Waals surface area contributed by atoms with Gasteiger partial charge in [0.25, 0.3) is 5.91 Å². The molecule has 3 rings (SSSR count). The molecular formula is C12H11F2N3O2S. The minimum atomic E-state index is -0.743. The number of carbonyl (C=O) groups is 1. The molecule has 8 heteroatoms. The summed E-state index contributed by atoms with van der Waals surface area (Å²) in [5, 5.41) is 5.82. The molecule has 1 aromatic heterocycles. The maximum absolute atomic E-state index is 13.5. The van der Waals surface area contributed by atoms with Crippen LogP contribution in [0, 0.1) is 11.6 Å². The predicted octanol–water partition coefficient (Wildman–Crippen LogP) is 1.50. The normalized spacial score (nSPS) is 19.2. The molecule has 106 valence electrons. The Hall–Kier alpha value is -1.64. The summed E-state index contributed by atoms with van der Waals surface area (Å²) < 4.78 is 32.2. The molecule has 0 bridgehead atoms. The molecule has 2 N–H and O–H groups in total. The van der Waals surface area contributed by atoms with Crippen LogP contribution in [-0.4, -0.2) is 36.7 Å². The number of morpholine rings is 1. The van der Waals surface area contributed by atoms with Gasteiger partial charge >= 0.3 is 0 Å². The summed E-state index contributed by atoms with van der Waals surface area (Å²) in [6.45, 7) is 1.58. The summed E-state index contributed by atoms with van der Waals surface area (Å²) in [6.07, 6.45) is -0.600. The van der Waals surface area contributed by atoms with E-state index in [0.29, 0.717) is 24.4 Å². The van der Waals surface area contributed by atoms with Gasteiger partial charge < -0.3 is 10.1 Å². The van der Waals surface area contributed by atoms with Gasteiger partial charge in [0.2, 0.25) is 0 Å². The van der Waals surface area contributed by atoms with Crippen LogP contribution in [0.15, 0.2) is 12.1 Å². The number of thiazole rings is 1. The van der Waals surface area contributed by atoms with E-state index < -0.39 is 17.7 Å². The Morgan fingerprint density at radius 3 is 3.10 bits per heavy atom. The van der Waals surface area contributed by atoms with E-state index >= 15 is 0 Å². The Kier molecular flexibility index (Phi) is 3.60. The van der Waals surface area contributed by atoms with Gasteiger partial charge in [0.1, 0.15) is 17.4 Å². The van der Waals surface area contributed by atoms with E-state index in [2.05, 4.69) is 15.6 Å². The van der Waals surface area contributed by atoms with Crippen LogP contribution in [0.3, 0.4) is 0 Å². The zero-order chi connectivity index (χ0) is 14.1. The fourth-order valence-electron chi connectivity index (χ4n) is 1.93. The van der Waals surface area contributed by atoms with Crippen molar-refractivity contribution in [2.45, 2.75) is 6.10 Å². The quantitative estimate of drug-likeness (QED) is 0.882. The summed E-state index contributed by atoms with van der Waals surface area (Å²) >= 11 is 1.02. The third-order valence-electron chi connectivity index (χ3n) is 2.86. The number of halogens is 2. The van der Waals surface area contributed by atoms with Crippen molar-refractivity contribution in [1.29, 1.82) is 0 Å². The van der Waals surface area contributed by atoms with Crippen molar-refractivity contribution in [2.24, 2.45) is 0 Å². The standard InChI is InChI=1S/C12H11F2N3O2S/c13-6-3-7(14)10-9(4-6)20-12(16-10)17-11(18)8-5-15-1-2-19-8/h3-4,8,15H,1-2,5H2,(H,16,17,18). The van der Waals surface area contributed by atoms with Crippen LogP contribution in [0.4, 0.5) is 13.9 Å². The molecule has 1 aliphatic rings. The lowest BCUT2D eigenvalue weighted by Crippen LogP contribution is -2.45. The first-order chi connectivity index (χ1) is 9.63. The summed E-state index contributed by atoms with van der Waals surface area (Å²) in [4.78, 5) is 15.9. The first-order valence-electron chi connectivity index (χ1n) is 6.02. The number of aromatic nitrogens is 1. The average Bonchev–Trinajstić information content (AvgIpc) is 2.82. The van der Waals surface area contributed by atoms with Gasteiger partial charge in [-0.25, -0.2) is 13.8 Å². The molecule has 20 heavy (non-hydrogen) atoms. The molecule has 1 aliphatic heterocycles. The van der Waals surface area contributed by atoms with Crippen molar-refractivity contribution in [3.63, 3.8) is 0 Å². The van der Waals surface area contributed by atoms with E-state index in [4.69, 9.17) is 4.74 Å². The number of benzene rings is 1. The first kappa shape index (κ1) is 13.3. The largest absolute Gasteiger partial charge is 0.366 e. The van der Waals surface area contributed by atoms with E-state index in [-0.39, 0.29) is 16.6 Å². The van der Waals surface area contributed by atoms with E-state index in [0.717, 1.165) is 17.4 Å². The van der Waals surface area contributed by atoms with Crippen LogP contribution in [0.25, 0.3) is 10.2 Å². The molecular weight excluding hydrogens is 288 g/mol. The molecule has 2 aromatic rings. The number of nitrogens with zero attached hydrogens (tertiary/aromatic N) is 1. The van der Waals surface area contributed by atoms with Crippen molar-refractivity contribution in [3.8, 4) is 0 Å². The minimum absolute atomic E-state index is 0.0504. The Bertz CT molecular complexity index is 655. The van der Waals surface area contributed by atoms with Crippen molar-refractivity contribution >= 4 is 32.6 Å². The Morgan fingerprint density at radius 2 is 2.35 bits per heavy atom. The lowest BCUT2D eigenvalue weighted by atomic mass is 10.3. The minimum Gasteiger partial charge on any atom is -0.366 e. The fraction of sp³-hybridized carbons (Fsp3) is 0.333.